The minimum Gasteiger partial charge on any atom is -0.332 e. The third-order valence-electron chi connectivity index (χ3n) is 5.94. The fraction of sp³-hybridized carbons (Fsp3) is 0.429. The number of hydrogen-bond acceptors (Lipinski definition) is 4. The summed E-state index contributed by atoms with van der Waals surface area (Å²) in [5, 5.41) is 0.0669. The van der Waals surface area contributed by atoms with E-state index >= 15 is 0 Å². The van der Waals surface area contributed by atoms with E-state index in [-0.39, 0.29) is 28.7 Å². The molecule has 0 unspecified atom stereocenters. The Morgan fingerprint density at radius 2 is 1.57 bits per heavy atom. The first-order valence-corrected chi connectivity index (χ1v) is 13.8. The fourth-order valence-corrected chi connectivity index (χ4v) is 5.81. The number of carbonyl (C=O) groups excluding carboxylic acids is 1. The molecule has 3 rings (SSSR count). The summed E-state index contributed by atoms with van der Waals surface area (Å²) in [5.74, 6) is 0.305. The number of amides is 1. The first-order valence-electron chi connectivity index (χ1n) is 12.2. The summed E-state index contributed by atoms with van der Waals surface area (Å²) in [6.07, 6.45) is 1.62. The van der Waals surface area contributed by atoms with Gasteiger partial charge in [0, 0.05) is 18.7 Å². The molecule has 1 heterocycles. The summed E-state index contributed by atoms with van der Waals surface area (Å²) in [6, 6.07) is 15.1. The summed E-state index contributed by atoms with van der Waals surface area (Å²) in [4.78, 5) is 19.7. The van der Waals surface area contributed by atoms with Crippen LogP contribution in [0.2, 0.25) is 0 Å². The Hall–Kier alpha value is -2.93. The SMILES string of the molecule is Cc1ccccc1CS(=O)(=O)c1ncc(CN(CC(C)C)C(=O)c2ccccc2C)n1CC(C)C. The minimum absolute atomic E-state index is 0.0570. The normalized spacial score (nSPS) is 11.9. The van der Waals surface area contributed by atoms with Gasteiger partial charge in [0.2, 0.25) is 15.0 Å². The van der Waals surface area contributed by atoms with E-state index in [1.807, 2.05) is 76.2 Å². The highest BCUT2D eigenvalue weighted by molar-refractivity contribution is 7.90. The van der Waals surface area contributed by atoms with Gasteiger partial charge in [-0.1, -0.05) is 70.2 Å². The lowest BCUT2D eigenvalue weighted by Gasteiger charge is -2.26. The molecule has 0 atom stereocenters. The van der Waals surface area contributed by atoms with Gasteiger partial charge in [0.05, 0.1) is 24.2 Å². The lowest BCUT2D eigenvalue weighted by atomic mass is 10.1. The smallest absolute Gasteiger partial charge is 0.254 e. The minimum atomic E-state index is -3.68. The van der Waals surface area contributed by atoms with Gasteiger partial charge in [-0.2, -0.15) is 0 Å². The van der Waals surface area contributed by atoms with E-state index in [1.165, 1.54) is 0 Å². The van der Waals surface area contributed by atoms with Crippen molar-refractivity contribution in [3.63, 3.8) is 0 Å². The molecular formula is C28H37N3O3S. The molecule has 0 spiro atoms. The molecule has 0 saturated heterocycles. The van der Waals surface area contributed by atoms with Crippen LogP contribution in [0.15, 0.2) is 59.9 Å². The highest BCUT2D eigenvalue weighted by Crippen LogP contribution is 2.23. The Kier molecular flexibility index (Phi) is 8.54. The lowest BCUT2D eigenvalue weighted by Crippen LogP contribution is -2.35. The van der Waals surface area contributed by atoms with Crippen LogP contribution in [0.4, 0.5) is 0 Å². The van der Waals surface area contributed by atoms with Gasteiger partial charge in [0.15, 0.2) is 0 Å². The van der Waals surface area contributed by atoms with Gasteiger partial charge in [0.25, 0.3) is 5.91 Å². The summed E-state index contributed by atoms with van der Waals surface area (Å²) in [6.45, 7) is 13.4. The van der Waals surface area contributed by atoms with Crippen molar-refractivity contribution >= 4 is 15.7 Å². The van der Waals surface area contributed by atoms with Crippen molar-refractivity contribution in [2.75, 3.05) is 6.54 Å². The van der Waals surface area contributed by atoms with Crippen molar-refractivity contribution in [3.05, 3.63) is 82.7 Å². The standard InChI is InChI=1S/C28H37N3O3S/c1-20(2)16-30(27(32)26-14-10-8-12-23(26)6)18-25-15-29-28(31(25)17-21(3)4)35(33,34)19-24-13-9-7-11-22(24)5/h7-15,20-21H,16-19H2,1-6H3. The molecule has 7 heteroatoms. The molecule has 1 aromatic heterocycles. The second-order valence-corrected chi connectivity index (χ2v) is 12.0. The van der Waals surface area contributed by atoms with Crippen LogP contribution in [0.25, 0.3) is 0 Å². The van der Waals surface area contributed by atoms with Gasteiger partial charge in [-0.05, 0) is 48.4 Å². The maximum absolute atomic E-state index is 13.5. The number of carbonyl (C=O) groups is 1. The largest absolute Gasteiger partial charge is 0.332 e. The van der Waals surface area contributed by atoms with Crippen LogP contribution in [0, 0.1) is 25.7 Å². The van der Waals surface area contributed by atoms with Crippen molar-refractivity contribution in [2.24, 2.45) is 11.8 Å². The molecule has 0 aliphatic heterocycles. The molecule has 2 aromatic carbocycles. The molecule has 188 valence electrons. The van der Waals surface area contributed by atoms with E-state index < -0.39 is 9.84 Å². The average molecular weight is 496 g/mol. The third-order valence-corrected chi connectivity index (χ3v) is 7.51. The van der Waals surface area contributed by atoms with Crippen molar-refractivity contribution in [1.29, 1.82) is 0 Å². The third kappa shape index (κ3) is 6.60. The van der Waals surface area contributed by atoms with E-state index in [0.717, 1.165) is 22.4 Å². The lowest BCUT2D eigenvalue weighted by molar-refractivity contribution is 0.0717. The van der Waals surface area contributed by atoms with Crippen molar-refractivity contribution in [2.45, 2.75) is 65.5 Å². The highest BCUT2D eigenvalue weighted by atomic mass is 32.2. The Morgan fingerprint density at radius 3 is 2.17 bits per heavy atom. The van der Waals surface area contributed by atoms with Gasteiger partial charge in [-0.25, -0.2) is 13.4 Å². The topological polar surface area (TPSA) is 72.3 Å². The maximum atomic E-state index is 13.5. The summed E-state index contributed by atoms with van der Waals surface area (Å²) >= 11 is 0. The number of benzene rings is 2. The van der Waals surface area contributed by atoms with E-state index in [2.05, 4.69) is 18.8 Å². The van der Waals surface area contributed by atoms with Crippen molar-refractivity contribution < 1.29 is 13.2 Å². The molecular weight excluding hydrogens is 458 g/mol. The van der Waals surface area contributed by atoms with E-state index in [0.29, 0.717) is 25.2 Å². The molecule has 0 aliphatic carbocycles. The van der Waals surface area contributed by atoms with Crippen LogP contribution in [0.5, 0.6) is 0 Å². The van der Waals surface area contributed by atoms with Gasteiger partial charge in [-0.15, -0.1) is 0 Å². The zero-order valence-corrected chi connectivity index (χ0v) is 22.5. The van der Waals surface area contributed by atoms with Crippen LogP contribution in [-0.4, -0.2) is 35.3 Å². The molecule has 35 heavy (non-hydrogen) atoms. The summed E-state index contributed by atoms with van der Waals surface area (Å²) < 4.78 is 28.7. The van der Waals surface area contributed by atoms with Gasteiger partial charge in [0.1, 0.15) is 0 Å². The predicted molar refractivity (Wildman–Crippen MR) is 140 cm³/mol. The zero-order chi connectivity index (χ0) is 25.8. The molecule has 0 aliphatic rings. The van der Waals surface area contributed by atoms with Crippen LogP contribution in [0.3, 0.4) is 0 Å². The molecule has 0 saturated carbocycles. The second-order valence-electron chi connectivity index (χ2n) is 10.1. The van der Waals surface area contributed by atoms with Crippen LogP contribution in [-0.2, 0) is 28.7 Å². The van der Waals surface area contributed by atoms with Gasteiger partial charge < -0.3 is 9.47 Å². The summed E-state index contributed by atoms with van der Waals surface area (Å²) in [7, 11) is -3.68. The monoisotopic (exact) mass is 495 g/mol. The molecule has 0 bridgehead atoms. The predicted octanol–water partition coefficient (Wildman–Crippen LogP) is 5.43. The average Bonchev–Trinajstić information content (AvgIpc) is 3.17. The summed E-state index contributed by atoms with van der Waals surface area (Å²) in [5.41, 5.74) is 4.01. The number of nitrogens with zero attached hydrogens (tertiary/aromatic N) is 3. The first kappa shape index (κ1) is 26.7. The van der Waals surface area contributed by atoms with E-state index in [9.17, 15) is 13.2 Å². The van der Waals surface area contributed by atoms with Crippen molar-refractivity contribution in [3.8, 4) is 0 Å². The van der Waals surface area contributed by atoms with Crippen LogP contribution < -0.4 is 0 Å². The number of imidazole rings is 1. The van der Waals surface area contributed by atoms with Crippen LogP contribution in [0.1, 0.15) is 60.4 Å². The zero-order valence-electron chi connectivity index (χ0n) is 21.7. The van der Waals surface area contributed by atoms with Gasteiger partial charge >= 0.3 is 0 Å². The number of hydrogen-bond donors (Lipinski definition) is 0. The highest BCUT2D eigenvalue weighted by Gasteiger charge is 2.27. The van der Waals surface area contributed by atoms with E-state index in [1.54, 1.807) is 15.7 Å². The Balaban J connectivity index is 1.99. The Morgan fingerprint density at radius 1 is 0.943 bits per heavy atom. The molecule has 0 N–H and O–H groups in total. The number of sulfone groups is 1. The number of aryl methyl sites for hydroxylation is 2. The molecule has 1 amide bonds. The quantitative estimate of drug-likeness (QED) is 0.376. The fourth-order valence-electron chi connectivity index (χ4n) is 4.21. The molecule has 0 radical (unpaired) electrons. The molecule has 0 fully saturated rings. The van der Waals surface area contributed by atoms with Crippen LogP contribution >= 0.6 is 0 Å². The Labute approximate surface area is 209 Å². The number of aromatic nitrogens is 2. The first-order chi connectivity index (χ1) is 16.5. The Bertz CT molecular complexity index is 1280. The van der Waals surface area contributed by atoms with Crippen molar-refractivity contribution in [1.82, 2.24) is 14.5 Å². The van der Waals surface area contributed by atoms with E-state index in [4.69, 9.17) is 0 Å². The maximum Gasteiger partial charge on any atom is 0.254 e. The molecule has 3 aromatic rings. The number of rotatable bonds is 10. The second kappa shape index (κ2) is 11.2. The van der Waals surface area contributed by atoms with Gasteiger partial charge in [-0.3, -0.25) is 4.79 Å². The molecule has 6 nitrogen and oxygen atoms in total.